The number of carbonyl (C=O) groups is 1. The number of hydrogen-bond donors (Lipinski definition) is 1. The minimum Gasteiger partial charge on any atom is -0.272 e. The summed E-state index contributed by atoms with van der Waals surface area (Å²) in [4.78, 5) is 13.3. The lowest BCUT2D eigenvalue weighted by atomic mass is 10.2. The van der Waals surface area contributed by atoms with Crippen LogP contribution >= 0.6 is 39.0 Å². The second-order valence-corrected chi connectivity index (χ2v) is 9.34. The van der Waals surface area contributed by atoms with Crippen LogP contribution in [0.1, 0.15) is 10.4 Å². The van der Waals surface area contributed by atoms with E-state index < -0.39 is 0 Å². The smallest absolute Gasteiger partial charge is 0.250 e. The molecular weight excluding hydrogens is 494 g/mol. The summed E-state index contributed by atoms with van der Waals surface area (Å²) in [6, 6.07) is 19.8. The number of carbonyl (C=O) groups excluding carboxylic acids is 1. The van der Waals surface area contributed by atoms with Gasteiger partial charge in [-0.05, 0) is 48.2 Å². The highest BCUT2D eigenvalue weighted by Crippen LogP contribution is 2.28. The van der Waals surface area contributed by atoms with Crippen molar-refractivity contribution >= 4 is 51.2 Å². The highest BCUT2D eigenvalue weighted by atomic mass is 79.9. The Morgan fingerprint density at radius 1 is 1.16 bits per heavy atom. The summed E-state index contributed by atoms with van der Waals surface area (Å²) in [5.74, 6) is 0.684. The predicted octanol–water partition coefficient (Wildman–Crippen LogP) is 5.31. The summed E-state index contributed by atoms with van der Waals surface area (Å²) >= 11 is 6.37. The van der Waals surface area contributed by atoms with E-state index in [0.29, 0.717) is 5.16 Å². The lowest BCUT2D eigenvalue weighted by Gasteiger charge is -2.10. The lowest BCUT2D eigenvalue weighted by molar-refractivity contribution is -0.118. The van der Waals surface area contributed by atoms with Crippen LogP contribution in [0.2, 0.25) is 0 Å². The first kappa shape index (κ1) is 21.5. The van der Waals surface area contributed by atoms with Crippen LogP contribution in [0.25, 0.3) is 17.1 Å². The number of aromatic nitrogens is 3. The summed E-state index contributed by atoms with van der Waals surface area (Å²) in [5.41, 5.74) is 5.58. The van der Waals surface area contributed by atoms with Gasteiger partial charge in [0.25, 0.3) is 5.91 Å². The number of thioether (sulfide) groups is 1. The summed E-state index contributed by atoms with van der Waals surface area (Å²) in [6.07, 6.45) is 1.67. The highest BCUT2D eigenvalue weighted by Gasteiger charge is 2.17. The SMILES string of the molecule is Cc1ccsc1/C=N/NC(=O)CSc1nnc(-c2ccccc2)n1-c1ccc(Br)cc1. The maximum absolute atomic E-state index is 12.3. The molecule has 1 amide bonds. The van der Waals surface area contributed by atoms with Crippen LogP contribution in [0.3, 0.4) is 0 Å². The third-order valence-corrected chi connectivity index (χ3v) is 6.77. The molecule has 1 N–H and O–H groups in total. The molecule has 0 unspecified atom stereocenters. The Kier molecular flexibility index (Phi) is 6.96. The molecule has 0 aliphatic heterocycles. The van der Waals surface area contributed by atoms with Crippen molar-refractivity contribution in [3.8, 4) is 17.1 Å². The van der Waals surface area contributed by atoms with E-state index in [0.717, 1.165) is 32.0 Å². The molecule has 31 heavy (non-hydrogen) atoms. The number of hydrogen-bond acceptors (Lipinski definition) is 6. The molecular formula is C22H18BrN5OS2. The average molecular weight is 512 g/mol. The minimum absolute atomic E-state index is 0.171. The largest absolute Gasteiger partial charge is 0.272 e. The van der Waals surface area contributed by atoms with E-state index in [1.807, 2.05) is 77.5 Å². The fourth-order valence-corrected chi connectivity index (χ4v) is 4.60. The zero-order valence-electron chi connectivity index (χ0n) is 16.5. The van der Waals surface area contributed by atoms with E-state index in [1.54, 1.807) is 17.6 Å². The number of amides is 1. The van der Waals surface area contributed by atoms with Crippen molar-refractivity contribution in [1.82, 2.24) is 20.2 Å². The quantitative estimate of drug-likeness (QED) is 0.207. The monoisotopic (exact) mass is 511 g/mol. The molecule has 0 saturated carbocycles. The summed E-state index contributed by atoms with van der Waals surface area (Å²) < 4.78 is 2.94. The van der Waals surface area contributed by atoms with Crippen molar-refractivity contribution in [2.75, 3.05) is 5.75 Å². The van der Waals surface area contributed by atoms with Gasteiger partial charge in [0.15, 0.2) is 11.0 Å². The second kappa shape index (κ2) is 10.0. The molecule has 0 aliphatic rings. The number of thiophene rings is 1. The summed E-state index contributed by atoms with van der Waals surface area (Å²) in [5, 5.41) is 15.4. The van der Waals surface area contributed by atoms with E-state index in [4.69, 9.17) is 0 Å². The fraction of sp³-hybridized carbons (Fsp3) is 0.0909. The Hall–Kier alpha value is -2.75. The molecule has 0 bridgehead atoms. The predicted molar refractivity (Wildman–Crippen MR) is 130 cm³/mol. The zero-order chi connectivity index (χ0) is 21.6. The molecule has 2 heterocycles. The maximum atomic E-state index is 12.3. The fourth-order valence-electron chi connectivity index (χ4n) is 2.80. The van der Waals surface area contributed by atoms with Crippen molar-refractivity contribution in [2.24, 2.45) is 5.10 Å². The molecule has 4 aromatic rings. The van der Waals surface area contributed by atoms with Gasteiger partial charge in [-0.1, -0.05) is 58.0 Å². The molecule has 0 atom stereocenters. The van der Waals surface area contributed by atoms with E-state index in [2.05, 4.69) is 36.7 Å². The first-order chi connectivity index (χ1) is 15.1. The van der Waals surface area contributed by atoms with Crippen molar-refractivity contribution in [1.29, 1.82) is 0 Å². The number of rotatable bonds is 7. The average Bonchev–Trinajstić information content (AvgIpc) is 3.40. The number of benzene rings is 2. The lowest BCUT2D eigenvalue weighted by Crippen LogP contribution is -2.20. The molecule has 0 fully saturated rings. The van der Waals surface area contributed by atoms with Crippen LogP contribution in [0.4, 0.5) is 0 Å². The van der Waals surface area contributed by atoms with Crippen LogP contribution in [-0.4, -0.2) is 32.6 Å². The van der Waals surface area contributed by atoms with Crippen molar-refractivity contribution < 1.29 is 4.79 Å². The Morgan fingerprint density at radius 2 is 1.94 bits per heavy atom. The van der Waals surface area contributed by atoms with Gasteiger partial charge in [0.1, 0.15) is 0 Å². The molecule has 0 spiro atoms. The van der Waals surface area contributed by atoms with Gasteiger partial charge in [-0.3, -0.25) is 9.36 Å². The molecule has 156 valence electrons. The number of nitrogens with one attached hydrogen (secondary N) is 1. The number of nitrogens with zero attached hydrogens (tertiary/aromatic N) is 4. The third kappa shape index (κ3) is 5.30. The van der Waals surface area contributed by atoms with Crippen molar-refractivity contribution in [3.05, 3.63) is 81.0 Å². The Morgan fingerprint density at radius 3 is 2.65 bits per heavy atom. The van der Waals surface area contributed by atoms with Gasteiger partial charge in [-0.2, -0.15) is 5.10 Å². The molecule has 6 nitrogen and oxygen atoms in total. The van der Waals surface area contributed by atoms with Gasteiger partial charge in [0.2, 0.25) is 0 Å². The van der Waals surface area contributed by atoms with Gasteiger partial charge in [-0.25, -0.2) is 5.43 Å². The van der Waals surface area contributed by atoms with Crippen molar-refractivity contribution in [2.45, 2.75) is 12.1 Å². The van der Waals surface area contributed by atoms with Crippen LogP contribution in [0.5, 0.6) is 0 Å². The first-order valence-corrected chi connectivity index (χ1v) is 12.0. The van der Waals surface area contributed by atoms with E-state index in [-0.39, 0.29) is 11.7 Å². The van der Waals surface area contributed by atoms with Crippen LogP contribution in [-0.2, 0) is 4.79 Å². The Balaban J connectivity index is 1.52. The molecule has 9 heteroatoms. The van der Waals surface area contributed by atoms with Gasteiger partial charge >= 0.3 is 0 Å². The van der Waals surface area contributed by atoms with Crippen LogP contribution in [0, 0.1) is 6.92 Å². The van der Waals surface area contributed by atoms with Crippen molar-refractivity contribution in [3.63, 3.8) is 0 Å². The van der Waals surface area contributed by atoms with E-state index in [9.17, 15) is 4.79 Å². The van der Waals surface area contributed by atoms with E-state index >= 15 is 0 Å². The van der Waals surface area contributed by atoms with Gasteiger partial charge in [-0.15, -0.1) is 21.5 Å². The highest BCUT2D eigenvalue weighted by molar-refractivity contribution is 9.10. The molecule has 0 aliphatic carbocycles. The van der Waals surface area contributed by atoms with Crippen LogP contribution in [0.15, 0.2) is 80.8 Å². The number of halogens is 1. The van der Waals surface area contributed by atoms with Gasteiger partial charge in [0, 0.05) is 20.6 Å². The zero-order valence-corrected chi connectivity index (χ0v) is 19.7. The standard InChI is InChI=1S/C22H18BrN5OS2/c1-15-11-12-30-19(15)13-24-25-20(29)14-31-22-27-26-21(16-5-3-2-4-6-16)28(22)18-9-7-17(23)8-10-18/h2-13H,14H2,1H3,(H,25,29)/b24-13+. The van der Waals surface area contributed by atoms with Gasteiger partial charge in [0.05, 0.1) is 12.0 Å². The molecule has 0 saturated heterocycles. The first-order valence-electron chi connectivity index (χ1n) is 9.37. The normalized spacial score (nSPS) is 11.2. The van der Waals surface area contributed by atoms with Gasteiger partial charge < -0.3 is 0 Å². The summed E-state index contributed by atoms with van der Waals surface area (Å²) in [6.45, 7) is 2.01. The molecule has 4 rings (SSSR count). The molecule has 2 aromatic heterocycles. The Bertz CT molecular complexity index is 1200. The van der Waals surface area contributed by atoms with E-state index in [1.165, 1.54) is 11.8 Å². The maximum Gasteiger partial charge on any atom is 0.250 e. The Labute approximate surface area is 196 Å². The second-order valence-electron chi connectivity index (χ2n) is 6.53. The number of aryl methyl sites for hydroxylation is 1. The molecule has 2 aromatic carbocycles. The third-order valence-electron chi connectivity index (χ3n) is 4.36. The minimum atomic E-state index is -0.206. The topological polar surface area (TPSA) is 72.2 Å². The summed E-state index contributed by atoms with van der Waals surface area (Å²) in [7, 11) is 0. The van der Waals surface area contributed by atoms with Crippen LogP contribution < -0.4 is 5.43 Å². The molecule has 0 radical (unpaired) electrons. The number of hydrazone groups is 1.